The first kappa shape index (κ1) is 11.7. The highest BCUT2D eigenvalue weighted by Gasteiger charge is 2.38. The molecule has 1 aliphatic rings. The number of anilines is 2. The minimum atomic E-state index is -3.73. The van der Waals surface area contributed by atoms with Crippen LogP contribution in [-0.2, 0) is 14.8 Å². The van der Waals surface area contributed by atoms with Crippen LogP contribution in [0.25, 0.3) is 0 Å². The molecule has 0 radical (unpaired) electrons. The first-order valence-electron chi connectivity index (χ1n) is 4.77. The average molecular weight is 257 g/mol. The third-order valence-corrected chi connectivity index (χ3v) is 3.81. The minimum Gasteiger partial charge on any atom is -0.382 e. The van der Waals surface area contributed by atoms with Gasteiger partial charge < -0.3 is 10.6 Å². The average Bonchev–Trinajstić information content (AvgIpc) is 2.61. The van der Waals surface area contributed by atoms with Gasteiger partial charge in [-0.2, -0.15) is 0 Å². The Balaban J connectivity index is 2.31. The zero-order valence-electron chi connectivity index (χ0n) is 8.78. The Morgan fingerprint density at radius 3 is 2.71 bits per heavy atom. The summed E-state index contributed by atoms with van der Waals surface area (Å²) in [5.74, 6) is -0.228. The van der Waals surface area contributed by atoms with E-state index in [-0.39, 0.29) is 24.7 Å². The van der Waals surface area contributed by atoms with Crippen molar-refractivity contribution in [1.82, 2.24) is 9.97 Å². The van der Waals surface area contributed by atoms with E-state index < -0.39 is 15.3 Å². The van der Waals surface area contributed by atoms with Crippen LogP contribution in [0, 0.1) is 0 Å². The van der Waals surface area contributed by atoms with Gasteiger partial charge in [-0.05, 0) is 0 Å². The van der Waals surface area contributed by atoms with Gasteiger partial charge in [0.2, 0.25) is 15.9 Å². The first-order valence-corrected chi connectivity index (χ1v) is 6.38. The lowest BCUT2D eigenvalue weighted by Crippen LogP contribution is -2.32. The van der Waals surface area contributed by atoms with Gasteiger partial charge in [0, 0.05) is 13.0 Å². The maximum absolute atomic E-state index is 11.7. The van der Waals surface area contributed by atoms with E-state index in [0.717, 1.165) is 0 Å². The zero-order chi connectivity index (χ0) is 12.6. The Morgan fingerprint density at radius 2 is 2.18 bits per heavy atom. The quantitative estimate of drug-likeness (QED) is 0.659. The highest BCUT2D eigenvalue weighted by atomic mass is 32.2. The first-order chi connectivity index (χ1) is 7.89. The van der Waals surface area contributed by atoms with Crippen LogP contribution >= 0.6 is 0 Å². The maximum Gasteiger partial charge on any atom is 0.228 e. The van der Waals surface area contributed by atoms with E-state index in [9.17, 15) is 13.2 Å². The van der Waals surface area contributed by atoms with Crippen molar-refractivity contribution in [2.24, 2.45) is 5.14 Å². The molecule has 2 heterocycles. The fourth-order valence-electron chi connectivity index (χ4n) is 1.67. The molecule has 1 fully saturated rings. The molecule has 1 unspecified atom stereocenters. The van der Waals surface area contributed by atoms with E-state index in [1.807, 2.05) is 0 Å². The topological polar surface area (TPSA) is 132 Å². The normalized spacial score (nSPS) is 20.9. The van der Waals surface area contributed by atoms with E-state index >= 15 is 0 Å². The molecule has 9 heteroatoms. The fraction of sp³-hybridized carbons (Fsp3) is 0.375. The van der Waals surface area contributed by atoms with Gasteiger partial charge in [0.15, 0.2) is 5.82 Å². The van der Waals surface area contributed by atoms with Crippen molar-refractivity contribution >= 4 is 27.4 Å². The van der Waals surface area contributed by atoms with E-state index in [0.29, 0.717) is 5.69 Å². The van der Waals surface area contributed by atoms with Crippen molar-refractivity contribution in [1.29, 1.82) is 0 Å². The Labute approximate surface area is 97.7 Å². The van der Waals surface area contributed by atoms with Crippen LogP contribution in [0.5, 0.6) is 0 Å². The second-order valence-electron chi connectivity index (χ2n) is 3.71. The molecule has 1 saturated heterocycles. The molecule has 0 bridgehead atoms. The summed E-state index contributed by atoms with van der Waals surface area (Å²) in [5, 5.41) is 4.10. The molecule has 0 aliphatic carbocycles. The van der Waals surface area contributed by atoms with Gasteiger partial charge in [-0.25, -0.2) is 23.5 Å². The Kier molecular flexibility index (Phi) is 2.71. The van der Waals surface area contributed by atoms with Crippen LogP contribution < -0.4 is 15.8 Å². The van der Waals surface area contributed by atoms with Crippen molar-refractivity contribution in [3.63, 3.8) is 0 Å². The zero-order valence-corrected chi connectivity index (χ0v) is 9.59. The van der Waals surface area contributed by atoms with Gasteiger partial charge in [-0.15, -0.1) is 0 Å². The highest BCUT2D eigenvalue weighted by molar-refractivity contribution is 7.89. The largest absolute Gasteiger partial charge is 0.382 e. The predicted octanol–water partition coefficient (Wildman–Crippen LogP) is -1.55. The molecule has 0 saturated carbocycles. The SMILES string of the molecule is Nc1ncncc1N1CC(S(N)(=O)=O)CC1=O. The third-order valence-electron chi connectivity index (χ3n) is 2.57. The number of aromatic nitrogens is 2. The van der Waals surface area contributed by atoms with Crippen LogP contribution in [-0.4, -0.2) is 36.1 Å². The van der Waals surface area contributed by atoms with Gasteiger partial charge in [-0.3, -0.25) is 4.79 Å². The smallest absolute Gasteiger partial charge is 0.228 e. The summed E-state index contributed by atoms with van der Waals surface area (Å²) in [7, 11) is -3.73. The lowest BCUT2D eigenvalue weighted by Gasteiger charge is -2.16. The van der Waals surface area contributed by atoms with Gasteiger partial charge in [0.25, 0.3) is 0 Å². The van der Waals surface area contributed by atoms with Crippen molar-refractivity contribution in [3.8, 4) is 0 Å². The van der Waals surface area contributed by atoms with Crippen LogP contribution in [0.2, 0.25) is 0 Å². The maximum atomic E-state index is 11.7. The van der Waals surface area contributed by atoms with Crippen molar-refractivity contribution in [2.75, 3.05) is 17.2 Å². The minimum absolute atomic E-state index is 0.0186. The van der Waals surface area contributed by atoms with E-state index in [1.165, 1.54) is 17.4 Å². The number of nitrogens with zero attached hydrogens (tertiary/aromatic N) is 3. The fourth-order valence-corrected chi connectivity index (χ4v) is 2.40. The molecule has 1 aromatic rings. The van der Waals surface area contributed by atoms with Crippen LogP contribution in [0.15, 0.2) is 12.5 Å². The molecular formula is C8H11N5O3S. The van der Waals surface area contributed by atoms with Gasteiger partial charge in [0.05, 0.1) is 6.20 Å². The number of nitrogen functional groups attached to an aromatic ring is 1. The number of amides is 1. The second-order valence-corrected chi connectivity index (χ2v) is 5.56. The Bertz CT molecular complexity index is 558. The Morgan fingerprint density at radius 1 is 1.47 bits per heavy atom. The summed E-state index contributed by atoms with van der Waals surface area (Å²) < 4.78 is 22.4. The van der Waals surface area contributed by atoms with Crippen molar-refractivity contribution < 1.29 is 13.2 Å². The van der Waals surface area contributed by atoms with E-state index in [1.54, 1.807) is 0 Å². The number of carbonyl (C=O) groups excluding carboxylic acids is 1. The molecule has 1 amide bonds. The molecule has 1 aliphatic heterocycles. The lowest BCUT2D eigenvalue weighted by molar-refractivity contribution is -0.117. The molecule has 0 spiro atoms. The molecule has 8 nitrogen and oxygen atoms in total. The molecule has 4 N–H and O–H groups in total. The molecule has 17 heavy (non-hydrogen) atoms. The number of sulfonamides is 1. The van der Waals surface area contributed by atoms with Gasteiger partial charge in [-0.1, -0.05) is 0 Å². The molecule has 1 atom stereocenters. The standard InChI is InChI=1S/C8H11N5O3S/c9-8-6(2-11-4-12-8)13-3-5(1-7(13)14)17(10,15)16/h2,4-5H,1,3H2,(H2,9,11,12)(H2,10,15,16). The number of carbonyl (C=O) groups is 1. The molecular weight excluding hydrogens is 246 g/mol. The second kappa shape index (κ2) is 3.93. The number of hydrogen-bond acceptors (Lipinski definition) is 6. The summed E-state index contributed by atoms with van der Waals surface area (Å²) in [5.41, 5.74) is 5.90. The van der Waals surface area contributed by atoms with Gasteiger partial charge in [0.1, 0.15) is 17.3 Å². The van der Waals surface area contributed by atoms with Crippen LogP contribution in [0.1, 0.15) is 6.42 Å². The highest BCUT2D eigenvalue weighted by Crippen LogP contribution is 2.26. The molecule has 2 rings (SSSR count). The van der Waals surface area contributed by atoms with Gasteiger partial charge >= 0.3 is 0 Å². The number of nitrogens with two attached hydrogens (primary N) is 2. The molecule has 92 valence electrons. The van der Waals surface area contributed by atoms with Crippen molar-refractivity contribution in [2.45, 2.75) is 11.7 Å². The summed E-state index contributed by atoms with van der Waals surface area (Å²) in [6.45, 7) is -0.0186. The predicted molar refractivity (Wildman–Crippen MR) is 60.3 cm³/mol. The summed E-state index contributed by atoms with van der Waals surface area (Å²) in [6.07, 6.45) is 2.47. The summed E-state index contributed by atoms with van der Waals surface area (Å²) in [6, 6.07) is 0. The van der Waals surface area contributed by atoms with Crippen LogP contribution in [0.4, 0.5) is 11.5 Å². The van der Waals surface area contributed by atoms with E-state index in [4.69, 9.17) is 10.9 Å². The van der Waals surface area contributed by atoms with Crippen molar-refractivity contribution in [3.05, 3.63) is 12.5 Å². The number of hydrogen-bond donors (Lipinski definition) is 2. The molecule has 0 aromatic carbocycles. The van der Waals surface area contributed by atoms with Crippen LogP contribution in [0.3, 0.4) is 0 Å². The third kappa shape index (κ3) is 2.19. The number of primary sulfonamides is 1. The lowest BCUT2D eigenvalue weighted by atomic mass is 10.4. The summed E-state index contributed by atoms with van der Waals surface area (Å²) >= 11 is 0. The number of rotatable bonds is 2. The van der Waals surface area contributed by atoms with E-state index in [2.05, 4.69) is 9.97 Å². The molecule has 1 aromatic heterocycles. The monoisotopic (exact) mass is 257 g/mol. The Hall–Kier alpha value is -1.74. The summed E-state index contributed by atoms with van der Waals surface area (Å²) in [4.78, 5) is 20.4.